The number of aliphatic hydroxyl groups excluding tert-OH is 1. The molecule has 238 valence electrons. The molecule has 0 heterocycles. The molecule has 0 aliphatic heterocycles. The van der Waals surface area contributed by atoms with Crippen LogP contribution in [0.5, 0.6) is 0 Å². The van der Waals surface area contributed by atoms with Crippen molar-refractivity contribution in [2.24, 2.45) is 43.9 Å². The predicted molar refractivity (Wildman–Crippen MR) is 169 cm³/mol. The summed E-state index contributed by atoms with van der Waals surface area (Å²) < 4.78 is 0. The number of allylic oxidation sites excluding steroid dienone is 1. The third-order valence-electron chi connectivity index (χ3n) is 10.0. The van der Waals surface area contributed by atoms with E-state index in [1.807, 2.05) is 0 Å². The number of carbonyl (C=O) groups is 4. The summed E-state index contributed by atoms with van der Waals surface area (Å²) >= 11 is 0. The highest BCUT2D eigenvalue weighted by molar-refractivity contribution is 6.34. The number of aliphatic hydroxyl groups is 1. The highest BCUT2D eigenvalue weighted by Gasteiger charge is 2.75. The van der Waals surface area contributed by atoms with Crippen molar-refractivity contribution in [1.29, 1.82) is 0 Å². The van der Waals surface area contributed by atoms with Gasteiger partial charge in [0.05, 0.1) is 0 Å². The van der Waals surface area contributed by atoms with Gasteiger partial charge >= 0.3 is 0 Å². The van der Waals surface area contributed by atoms with E-state index in [1.54, 1.807) is 52.0 Å². The lowest BCUT2D eigenvalue weighted by Gasteiger charge is -2.58. The fourth-order valence-corrected chi connectivity index (χ4v) is 8.43. The van der Waals surface area contributed by atoms with Crippen LogP contribution in [0.25, 0.3) is 16.9 Å². The number of carbonyl (C=O) groups excluding carboxylic acids is 4. The molecule has 4 atom stereocenters. The number of amides is 1. The quantitative estimate of drug-likeness (QED) is 0.108. The molecular weight excluding hydrogens is 594 g/mol. The summed E-state index contributed by atoms with van der Waals surface area (Å²) in [6.07, 6.45) is 0.0783. The van der Waals surface area contributed by atoms with E-state index in [-0.39, 0.29) is 41.9 Å². The predicted octanol–water partition coefficient (Wildman–Crippen LogP) is 5.60. The summed E-state index contributed by atoms with van der Waals surface area (Å²) in [7, 11) is 0. The van der Waals surface area contributed by atoms with Crippen molar-refractivity contribution in [2.45, 2.75) is 59.4 Å². The molecule has 0 bridgehead atoms. The number of ketones is 3. The average Bonchev–Trinajstić information content (AvgIpc) is 2.98. The number of rotatable bonds is 8. The van der Waals surface area contributed by atoms with E-state index >= 15 is 0 Å². The second-order valence-corrected chi connectivity index (χ2v) is 13.2. The topological polar surface area (TPSA) is 229 Å². The average molecular weight is 628 g/mol. The number of nitroso groups, excluding NO2 is 3. The van der Waals surface area contributed by atoms with Gasteiger partial charge in [-0.15, -0.1) is 14.7 Å². The number of primary amides is 1. The van der Waals surface area contributed by atoms with Gasteiger partial charge in [-0.3, -0.25) is 19.2 Å². The van der Waals surface area contributed by atoms with Crippen LogP contribution in [-0.4, -0.2) is 33.9 Å². The Morgan fingerprint density at radius 2 is 1.72 bits per heavy atom. The van der Waals surface area contributed by atoms with Crippen molar-refractivity contribution >= 4 is 40.4 Å². The first-order chi connectivity index (χ1) is 21.6. The zero-order valence-electron chi connectivity index (χ0n) is 26.0. The van der Waals surface area contributed by atoms with Gasteiger partial charge in [0, 0.05) is 45.6 Å². The zero-order valence-corrected chi connectivity index (χ0v) is 26.0. The monoisotopic (exact) mass is 627 g/mol. The molecule has 1 saturated carbocycles. The van der Waals surface area contributed by atoms with E-state index in [1.165, 1.54) is 13.0 Å². The lowest BCUT2D eigenvalue weighted by Crippen LogP contribution is -2.70. The number of Topliss-reactive ketones (excluding diaryl/α,β-unsaturated/α-hetero) is 3. The molecule has 3 aliphatic rings. The largest absolute Gasteiger partial charge is 0.507 e. The minimum absolute atomic E-state index is 0.00219. The SMILES string of the molecule is CCC(=O)c1cc(N)cc(-c2ccc(N=O)c3c2CC2(C)CC4(C)C(C(C)C)C(N=O)=C(C(N)=O)C(=O)C4(N=O)C(=O)C2=C3O)c1. The van der Waals surface area contributed by atoms with Gasteiger partial charge in [-0.25, -0.2) is 0 Å². The maximum Gasteiger partial charge on any atom is 0.254 e. The second-order valence-electron chi connectivity index (χ2n) is 13.2. The second kappa shape index (κ2) is 10.7. The molecular formula is C33H33N5O8. The number of nitrogen functional groups attached to an aromatic ring is 1. The van der Waals surface area contributed by atoms with Crippen LogP contribution in [0.1, 0.15) is 68.9 Å². The Morgan fingerprint density at radius 3 is 2.26 bits per heavy atom. The molecule has 13 heteroatoms. The van der Waals surface area contributed by atoms with Crippen molar-refractivity contribution in [3.05, 3.63) is 78.6 Å². The van der Waals surface area contributed by atoms with Gasteiger partial charge in [0.1, 0.15) is 22.7 Å². The lowest BCUT2D eigenvalue weighted by atomic mass is 9.42. The first kappa shape index (κ1) is 32.2. The molecule has 0 saturated heterocycles. The van der Waals surface area contributed by atoms with Gasteiger partial charge in [0.2, 0.25) is 17.1 Å². The summed E-state index contributed by atoms with van der Waals surface area (Å²) in [5.41, 5.74) is 6.00. The molecule has 0 aromatic heterocycles. The summed E-state index contributed by atoms with van der Waals surface area (Å²) in [5.74, 6) is -6.33. The van der Waals surface area contributed by atoms with E-state index in [0.29, 0.717) is 27.9 Å². The van der Waals surface area contributed by atoms with Crippen molar-refractivity contribution in [3.8, 4) is 11.1 Å². The summed E-state index contributed by atoms with van der Waals surface area (Å²) in [5, 5.41) is 21.1. The fourth-order valence-electron chi connectivity index (χ4n) is 8.43. The molecule has 1 amide bonds. The van der Waals surface area contributed by atoms with Gasteiger partial charge in [-0.2, -0.15) is 0 Å². The van der Waals surface area contributed by atoms with Crippen molar-refractivity contribution in [3.63, 3.8) is 0 Å². The maximum absolute atomic E-state index is 14.7. The molecule has 13 nitrogen and oxygen atoms in total. The van der Waals surface area contributed by atoms with Crippen molar-refractivity contribution < 1.29 is 24.3 Å². The van der Waals surface area contributed by atoms with Crippen LogP contribution in [-0.2, 0) is 20.8 Å². The third-order valence-corrected chi connectivity index (χ3v) is 10.0. The molecule has 5 N–H and O–H groups in total. The van der Waals surface area contributed by atoms with Gasteiger partial charge in [0.15, 0.2) is 5.78 Å². The molecule has 2 aromatic carbocycles. The van der Waals surface area contributed by atoms with Crippen molar-refractivity contribution in [1.82, 2.24) is 0 Å². The molecule has 5 rings (SSSR count). The first-order valence-electron chi connectivity index (χ1n) is 14.8. The standard InChI is InChI=1S/C33H33N5O8/c1-6-21(39)16-9-15(10-17(34)11-16)18-7-8-20(36-44)22-19(18)12-31(4)13-32(5)24(14(2)3)26(37-45)23(30(35)43)28(41)33(32,38-46)29(42)25(31)27(22)40/h7-11,14,24,40H,6,12-13,34H2,1-5H3,(H2,35,43). The van der Waals surface area contributed by atoms with Crippen LogP contribution >= 0.6 is 0 Å². The number of hydrogen-bond acceptors (Lipinski definition) is 12. The number of benzene rings is 2. The van der Waals surface area contributed by atoms with Gasteiger partial charge in [-0.05, 0) is 75.2 Å². The number of nitrogens with two attached hydrogens (primary N) is 2. The van der Waals surface area contributed by atoms with E-state index in [9.17, 15) is 39.0 Å². The number of fused-ring (bicyclic) bond motifs is 3. The van der Waals surface area contributed by atoms with E-state index in [0.717, 1.165) is 0 Å². The minimum atomic E-state index is -2.78. The minimum Gasteiger partial charge on any atom is -0.507 e. The normalized spacial score (nSPS) is 27.1. The van der Waals surface area contributed by atoms with E-state index in [4.69, 9.17) is 11.5 Å². The molecule has 1 fully saturated rings. The highest BCUT2D eigenvalue weighted by atomic mass is 16.3. The van der Waals surface area contributed by atoms with Gasteiger partial charge in [-0.1, -0.05) is 40.7 Å². The number of nitrogens with zero attached hydrogens (tertiary/aromatic N) is 3. The smallest absolute Gasteiger partial charge is 0.254 e. The van der Waals surface area contributed by atoms with Crippen LogP contribution in [0, 0.1) is 37.4 Å². The first-order valence-corrected chi connectivity index (χ1v) is 14.8. The number of hydrogen-bond donors (Lipinski definition) is 3. The molecule has 0 radical (unpaired) electrons. The molecule has 0 spiro atoms. The van der Waals surface area contributed by atoms with Crippen LogP contribution in [0.15, 0.2) is 62.7 Å². The summed E-state index contributed by atoms with van der Waals surface area (Å²) in [4.78, 5) is 91.1. The van der Waals surface area contributed by atoms with Gasteiger partial charge in [0.25, 0.3) is 5.91 Å². The van der Waals surface area contributed by atoms with E-state index < -0.39 is 62.7 Å². The Balaban J connectivity index is 1.86. The Kier molecular flexibility index (Phi) is 7.50. The van der Waals surface area contributed by atoms with E-state index in [2.05, 4.69) is 15.5 Å². The Labute approximate surface area is 263 Å². The highest BCUT2D eigenvalue weighted by Crippen LogP contribution is 2.66. The zero-order chi connectivity index (χ0) is 34.1. The Hall–Kier alpha value is -5.20. The fraction of sp³-hybridized carbons (Fsp3) is 0.394. The third kappa shape index (κ3) is 4.06. The Bertz CT molecular complexity index is 1880. The molecule has 2 aromatic rings. The molecule has 3 aliphatic carbocycles. The van der Waals surface area contributed by atoms with Crippen LogP contribution in [0.4, 0.5) is 11.4 Å². The van der Waals surface area contributed by atoms with Crippen LogP contribution in [0.3, 0.4) is 0 Å². The Morgan fingerprint density at radius 1 is 1.04 bits per heavy atom. The van der Waals surface area contributed by atoms with Crippen LogP contribution < -0.4 is 11.5 Å². The lowest BCUT2D eigenvalue weighted by molar-refractivity contribution is -0.148. The molecule has 46 heavy (non-hydrogen) atoms. The van der Waals surface area contributed by atoms with Crippen molar-refractivity contribution in [2.75, 3.05) is 5.73 Å². The summed E-state index contributed by atoms with van der Waals surface area (Å²) in [6, 6.07) is 7.77. The van der Waals surface area contributed by atoms with Gasteiger partial charge < -0.3 is 16.6 Å². The maximum atomic E-state index is 14.7. The molecule has 4 unspecified atom stereocenters. The van der Waals surface area contributed by atoms with Crippen LogP contribution in [0.2, 0.25) is 0 Å². The number of anilines is 1. The summed E-state index contributed by atoms with van der Waals surface area (Å²) in [6.45, 7) is 8.24.